The lowest BCUT2D eigenvalue weighted by molar-refractivity contribution is 0.0261. The lowest BCUT2D eigenvalue weighted by Gasteiger charge is -2.32. The summed E-state index contributed by atoms with van der Waals surface area (Å²) in [6, 6.07) is 16.8. The summed E-state index contributed by atoms with van der Waals surface area (Å²) in [4.78, 5) is 2.43. The lowest BCUT2D eigenvalue weighted by atomic mass is 10.1. The third kappa shape index (κ3) is 5.48. The Balaban J connectivity index is 2.15. The fraction of sp³-hybridized carbons (Fsp3) is 0.429. The first-order chi connectivity index (χ1) is 12.1. The Morgan fingerprint density at radius 3 is 1.44 bits per heavy atom. The maximum atomic E-state index is 5.56. The summed E-state index contributed by atoms with van der Waals surface area (Å²) in [5, 5.41) is 0. The highest BCUT2D eigenvalue weighted by Crippen LogP contribution is 2.20. The maximum absolute atomic E-state index is 5.56. The van der Waals surface area contributed by atoms with Crippen molar-refractivity contribution in [1.29, 1.82) is 0 Å². The zero-order chi connectivity index (χ0) is 18.2. The third-order valence-corrected chi connectivity index (χ3v) is 4.72. The fourth-order valence-corrected chi connectivity index (χ4v) is 2.77. The first-order valence-electron chi connectivity index (χ1n) is 8.60. The molecule has 0 aromatic heterocycles. The number of ether oxygens (including phenoxy) is 3. The van der Waals surface area contributed by atoms with Gasteiger partial charge in [-0.1, -0.05) is 24.3 Å². The van der Waals surface area contributed by atoms with E-state index in [9.17, 15) is 0 Å². The molecule has 4 nitrogen and oxygen atoms in total. The Bertz CT molecular complexity index is 575. The summed E-state index contributed by atoms with van der Waals surface area (Å²) in [6.45, 7) is 6.02. The van der Waals surface area contributed by atoms with Gasteiger partial charge in [-0.25, -0.2) is 0 Å². The van der Waals surface area contributed by atoms with Crippen molar-refractivity contribution < 1.29 is 14.2 Å². The van der Waals surface area contributed by atoms with Gasteiger partial charge in [-0.3, -0.25) is 4.90 Å². The molecule has 0 bridgehead atoms. The van der Waals surface area contributed by atoms with E-state index in [-0.39, 0.29) is 12.1 Å². The molecule has 136 valence electrons. The predicted octanol–water partition coefficient (Wildman–Crippen LogP) is 4.13. The van der Waals surface area contributed by atoms with Gasteiger partial charge in [-0.15, -0.1) is 0 Å². The van der Waals surface area contributed by atoms with Crippen molar-refractivity contribution in [3.63, 3.8) is 0 Å². The molecule has 0 spiro atoms. The van der Waals surface area contributed by atoms with Crippen LogP contribution in [0.1, 0.15) is 25.0 Å². The predicted molar refractivity (Wildman–Crippen MR) is 101 cm³/mol. The molecule has 0 saturated heterocycles. The summed E-state index contributed by atoms with van der Waals surface area (Å²) in [5.41, 5.74) is 2.51. The zero-order valence-corrected chi connectivity index (χ0v) is 15.9. The SMILES string of the molecule is COc1ccc(CN(Cc2ccc(OC)cc2)[C@H](C)[C@H](C)OC)cc1. The number of rotatable bonds is 9. The number of methoxy groups -OCH3 is 3. The van der Waals surface area contributed by atoms with Crippen molar-refractivity contribution >= 4 is 0 Å². The minimum Gasteiger partial charge on any atom is -0.497 e. The fourth-order valence-electron chi connectivity index (χ4n) is 2.77. The molecular formula is C21H29NO3. The zero-order valence-electron chi connectivity index (χ0n) is 15.9. The second-order valence-corrected chi connectivity index (χ2v) is 6.28. The minimum absolute atomic E-state index is 0.150. The highest BCUT2D eigenvalue weighted by Gasteiger charge is 2.20. The van der Waals surface area contributed by atoms with E-state index in [4.69, 9.17) is 14.2 Å². The smallest absolute Gasteiger partial charge is 0.118 e. The van der Waals surface area contributed by atoms with Crippen LogP contribution >= 0.6 is 0 Å². The van der Waals surface area contributed by atoms with Gasteiger partial charge in [-0.05, 0) is 49.2 Å². The van der Waals surface area contributed by atoms with Crippen LogP contribution in [-0.2, 0) is 17.8 Å². The molecule has 0 unspecified atom stereocenters. The molecule has 2 aromatic carbocycles. The van der Waals surface area contributed by atoms with E-state index in [1.807, 2.05) is 24.3 Å². The van der Waals surface area contributed by atoms with Gasteiger partial charge in [-0.2, -0.15) is 0 Å². The van der Waals surface area contributed by atoms with Crippen molar-refractivity contribution in [2.75, 3.05) is 21.3 Å². The highest BCUT2D eigenvalue weighted by molar-refractivity contribution is 5.28. The summed E-state index contributed by atoms with van der Waals surface area (Å²) >= 11 is 0. The third-order valence-electron chi connectivity index (χ3n) is 4.72. The molecule has 0 aliphatic rings. The molecule has 2 aromatic rings. The molecule has 25 heavy (non-hydrogen) atoms. The minimum atomic E-state index is 0.150. The van der Waals surface area contributed by atoms with Gasteiger partial charge in [0, 0.05) is 26.2 Å². The number of hydrogen-bond acceptors (Lipinski definition) is 4. The van der Waals surface area contributed by atoms with Crippen molar-refractivity contribution in [1.82, 2.24) is 4.90 Å². The molecule has 0 N–H and O–H groups in total. The van der Waals surface area contributed by atoms with Crippen LogP contribution in [0.4, 0.5) is 0 Å². The van der Waals surface area contributed by atoms with Gasteiger partial charge in [0.15, 0.2) is 0 Å². The Hall–Kier alpha value is -2.04. The average Bonchev–Trinajstić information content (AvgIpc) is 2.67. The van der Waals surface area contributed by atoms with Crippen LogP contribution in [0.15, 0.2) is 48.5 Å². The van der Waals surface area contributed by atoms with Gasteiger partial charge in [0.1, 0.15) is 11.5 Å². The second kappa shape index (κ2) is 9.44. The van der Waals surface area contributed by atoms with Gasteiger partial charge in [0.2, 0.25) is 0 Å². The molecule has 0 radical (unpaired) electrons. The van der Waals surface area contributed by atoms with Gasteiger partial charge >= 0.3 is 0 Å². The lowest BCUT2D eigenvalue weighted by Crippen LogP contribution is -2.40. The van der Waals surface area contributed by atoms with E-state index in [0.29, 0.717) is 0 Å². The highest BCUT2D eigenvalue weighted by atomic mass is 16.5. The average molecular weight is 343 g/mol. The van der Waals surface area contributed by atoms with Gasteiger partial charge in [0.25, 0.3) is 0 Å². The van der Waals surface area contributed by atoms with E-state index >= 15 is 0 Å². The van der Waals surface area contributed by atoms with Crippen molar-refractivity contribution in [2.45, 2.75) is 39.1 Å². The first kappa shape index (κ1) is 19.3. The van der Waals surface area contributed by atoms with Gasteiger partial charge in [0.05, 0.1) is 20.3 Å². The number of nitrogens with zero attached hydrogens (tertiary/aromatic N) is 1. The Labute approximate surface area is 151 Å². The van der Waals surface area contributed by atoms with E-state index < -0.39 is 0 Å². The van der Waals surface area contributed by atoms with Gasteiger partial charge < -0.3 is 14.2 Å². The summed E-state index contributed by atoms with van der Waals surface area (Å²) in [6.07, 6.45) is 0.150. The molecule has 0 aliphatic carbocycles. The first-order valence-corrected chi connectivity index (χ1v) is 8.60. The Morgan fingerprint density at radius 2 is 1.12 bits per heavy atom. The van der Waals surface area contributed by atoms with E-state index in [1.54, 1.807) is 21.3 Å². The number of hydrogen-bond donors (Lipinski definition) is 0. The van der Waals surface area contributed by atoms with Crippen LogP contribution in [0.3, 0.4) is 0 Å². The quantitative estimate of drug-likeness (QED) is 0.685. The Kier molecular flexibility index (Phi) is 7.29. The second-order valence-electron chi connectivity index (χ2n) is 6.28. The van der Waals surface area contributed by atoms with Crippen LogP contribution in [0.2, 0.25) is 0 Å². The monoisotopic (exact) mass is 343 g/mol. The van der Waals surface area contributed by atoms with E-state index in [2.05, 4.69) is 43.0 Å². The standard InChI is InChI=1S/C21H29NO3/c1-16(17(2)23-3)22(14-18-6-10-20(24-4)11-7-18)15-19-8-12-21(25-5)13-9-19/h6-13,16-17H,14-15H2,1-5H3/t16-,17+/m1/s1. The molecule has 0 heterocycles. The van der Waals surface area contributed by atoms with E-state index in [0.717, 1.165) is 24.6 Å². The van der Waals surface area contributed by atoms with Crippen molar-refractivity contribution in [2.24, 2.45) is 0 Å². The molecule has 0 saturated carbocycles. The summed E-state index contributed by atoms with van der Waals surface area (Å²) < 4.78 is 16.1. The molecular weight excluding hydrogens is 314 g/mol. The van der Waals surface area contributed by atoms with E-state index in [1.165, 1.54) is 11.1 Å². The topological polar surface area (TPSA) is 30.9 Å². The molecule has 2 atom stereocenters. The normalized spacial score (nSPS) is 13.5. The largest absolute Gasteiger partial charge is 0.497 e. The molecule has 0 fully saturated rings. The Morgan fingerprint density at radius 1 is 0.720 bits per heavy atom. The van der Waals surface area contributed by atoms with Crippen LogP contribution in [0.25, 0.3) is 0 Å². The van der Waals surface area contributed by atoms with Crippen LogP contribution in [-0.4, -0.2) is 38.4 Å². The van der Waals surface area contributed by atoms with Crippen molar-refractivity contribution in [3.05, 3.63) is 59.7 Å². The summed E-state index contributed by atoms with van der Waals surface area (Å²) in [7, 11) is 5.14. The molecule has 0 amide bonds. The molecule has 2 rings (SSSR count). The maximum Gasteiger partial charge on any atom is 0.118 e. The molecule has 4 heteroatoms. The van der Waals surface area contributed by atoms with Crippen LogP contribution in [0, 0.1) is 0 Å². The van der Waals surface area contributed by atoms with Crippen molar-refractivity contribution in [3.8, 4) is 11.5 Å². The number of benzene rings is 2. The molecule has 0 aliphatic heterocycles. The van der Waals surface area contributed by atoms with Crippen LogP contribution < -0.4 is 9.47 Å². The van der Waals surface area contributed by atoms with Crippen LogP contribution in [0.5, 0.6) is 11.5 Å². The summed E-state index contributed by atoms with van der Waals surface area (Å²) in [5.74, 6) is 1.76.